The molecular weight excluding hydrogens is 457 g/mol. The standard InChI is InChI=1S/C25H29F3N6O/c1-3-19-22(33-14-15(2)4-9-20(33)30-19)24(35)29-13-16-5-7-17(8-6-16)23-31-21-12-18(25(26,27)28)10-11-34(21)32-23/h5-8,15,18H,3-4,9-14H2,1-2H3,(H,29,35). The highest BCUT2D eigenvalue weighted by Gasteiger charge is 2.42. The van der Waals surface area contributed by atoms with Crippen LogP contribution < -0.4 is 5.32 Å². The highest BCUT2D eigenvalue weighted by Crippen LogP contribution is 2.35. The van der Waals surface area contributed by atoms with E-state index in [9.17, 15) is 18.0 Å². The fourth-order valence-electron chi connectivity index (χ4n) is 4.96. The number of imidazole rings is 1. The van der Waals surface area contributed by atoms with Crippen LogP contribution in [0.15, 0.2) is 24.3 Å². The van der Waals surface area contributed by atoms with E-state index in [1.807, 2.05) is 31.2 Å². The van der Waals surface area contributed by atoms with Crippen LogP contribution in [0.3, 0.4) is 0 Å². The number of alkyl halides is 3. The van der Waals surface area contributed by atoms with Crippen LogP contribution in [0.5, 0.6) is 0 Å². The predicted octanol–water partition coefficient (Wildman–Crippen LogP) is 4.34. The molecule has 2 aliphatic heterocycles. The molecule has 0 fully saturated rings. The summed E-state index contributed by atoms with van der Waals surface area (Å²) in [5, 5.41) is 7.42. The number of carbonyl (C=O) groups excluding carboxylic acids is 1. The number of halogens is 3. The van der Waals surface area contributed by atoms with Gasteiger partial charge in [0.25, 0.3) is 5.91 Å². The second-order valence-corrected chi connectivity index (χ2v) is 9.62. The van der Waals surface area contributed by atoms with E-state index in [0.717, 1.165) is 42.0 Å². The normalized spacial score (nSPS) is 19.8. The second-order valence-electron chi connectivity index (χ2n) is 9.62. The summed E-state index contributed by atoms with van der Waals surface area (Å²) >= 11 is 0. The maximum absolute atomic E-state index is 13.1. The second kappa shape index (κ2) is 9.13. The molecule has 2 unspecified atom stereocenters. The largest absolute Gasteiger partial charge is 0.392 e. The highest BCUT2D eigenvalue weighted by atomic mass is 19.4. The summed E-state index contributed by atoms with van der Waals surface area (Å²) in [6, 6.07) is 7.43. The number of benzene rings is 1. The molecular formula is C25H29F3N6O. The zero-order chi connectivity index (χ0) is 24.7. The number of aromatic nitrogens is 5. The first kappa shape index (κ1) is 23.6. The van der Waals surface area contributed by atoms with Gasteiger partial charge in [-0.15, -0.1) is 0 Å². The van der Waals surface area contributed by atoms with E-state index in [0.29, 0.717) is 36.2 Å². The Kier molecular flexibility index (Phi) is 6.14. The van der Waals surface area contributed by atoms with Gasteiger partial charge in [-0.25, -0.2) is 14.6 Å². The van der Waals surface area contributed by atoms with E-state index in [2.05, 4.69) is 26.9 Å². The quantitative estimate of drug-likeness (QED) is 0.582. The first-order chi connectivity index (χ1) is 16.7. The summed E-state index contributed by atoms with van der Waals surface area (Å²) in [6.45, 7) is 5.59. The summed E-state index contributed by atoms with van der Waals surface area (Å²) in [5.41, 5.74) is 3.14. The lowest BCUT2D eigenvalue weighted by molar-refractivity contribution is -0.179. The van der Waals surface area contributed by atoms with Crippen molar-refractivity contribution in [3.63, 3.8) is 0 Å². The van der Waals surface area contributed by atoms with Gasteiger partial charge < -0.3 is 9.88 Å². The van der Waals surface area contributed by atoms with Crippen molar-refractivity contribution < 1.29 is 18.0 Å². The fraction of sp³-hybridized carbons (Fsp3) is 0.520. The van der Waals surface area contributed by atoms with Gasteiger partial charge in [-0.05, 0) is 30.7 Å². The van der Waals surface area contributed by atoms with Gasteiger partial charge in [0.2, 0.25) is 0 Å². The van der Waals surface area contributed by atoms with Crippen LogP contribution in [-0.2, 0) is 38.9 Å². The number of fused-ring (bicyclic) bond motifs is 2. The van der Waals surface area contributed by atoms with E-state index in [-0.39, 0.29) is 25.3 Å². The number of hydrogen-bond donors (Lipinski definition) is 1. The Morgan fingerprint density at radius 1 is 1.14 bits per heavy atom. The monoisotopic (exact) mass is 486 g/mol. The molecule has 0 spiro atoms. The van der Waals surface area contributed by atoms with Gasteiger partial charge in [-0.1, -0.05) is 38.1 Å². The lowest BCUT2D eigenvalue weighted by Crippen LogP contribution is -2.31. The van der Waals surface area contributed by atoms with Gasteiger partial charge in [0.05, 0.1) is 11.6 Å². The van der Waals surface area contributed by atoms with Crippen molar-refractivity contribution in [2.24, 2.45) is 11.8 Å². The minimum Gasteiger partial charge on any atom is -0.347 e. The van der Waals surface area contributed by atoms with Gasteiger partial charge >= 0.3 is 6.18 Å². The minimum absolute atomic E-state index is 0.0248. The fourth-order valence-corrected chi connectivity index (χ4v) is 4.96. The minimum atomic E-state index is -4.21. The first-order valence-corrected chi connectivity index (χ1v) is 12.2. The summed E-state index contributed by atoms with van der Waals surface area (Å²) < 4.78 is 42.9. The van der Waals surface area contributed by atoms with Gasteiger partial charge in [0, 0.05) is 38.0 Å². The van der Waals surface area contributed by atoms with E-state index in [1.54, 1.807) is 4.68 Å². The average Bonchev–Trinajstić information content (AvgIpc) is 3.42. The highest BCUT2D eigenvalue weighted by molar-refractivity contribution is 5.94. The summed E-state index contributed by atoms with van der Waals surface area (Å²) in [7, 11) is 0. The molecule has 0 saturated carbocycles. The molecule has 4 heterocycles. The molecule has 7 nitrogen and oxygen atoms in total. The SMILES string of the molecule is CCc1nc2n(c1C(=O)NCc1ccc(-c3nc4n(n3)CCC(C(F)(F)F)C4)cc1)CC(C)CC2. The van der Waals surface area contributed by atoms with Crippen molar-refractivity contribution in [2.45, 2.75) is 71.8 Å². The molecule has 0 aliphatic carbocycles. The maximum Gasteiger partial charge on any atom is 0.392 e. The molecule has 3 aromatic rings. The van der Waals surface area contributed by atoms with E-state index >= 15 is 0 Å². The lowest BCUT2D eigenvalue weighted by Gasteiger charge is -2.24. The number of amides is 1. The van der Waals surface area contributed by atoms with Crippen molar-refractivity contribution in [2.75, 3.05) is 0 Å². The van der Waals surface area contributed by atoms with Crippen molar-refractivity contribution >= 4 is 5.91 Å². The number of nitrogens with zero attached hydrogens (tertiary/aromatic N) is 5. The van der Waals surface area contributed by atoms with Gasteiger partial charge in [0.1, 0.15) is 17.3 Å². The first-order valence-electron chi connectivity index (χ1n) is 12.2. The van der Waals surface area contributed by atoms with E-state index in [4.69, 9.17) is 4.98 Å². The van der Waals surface area contributed by atoms with Crippen molar-refractivity contribution in [1.29, 1.82) is 0 Å². The third-order valence-electron chi connectivity index (χ3n) is 7.02. The Balaban J connectivity index is 1.26. The molecule has 1 amide bonds. The van der Waals surface area contributed by atoms with E-state index in [1.165, 1.54) is 0 Å². The number of hydrogen-bond acceptors (Lipinski definition) is 4. The Morgan fingerprint density at radius 2 is 1.91 bits per heavy atom. The molecule has 10 heteroatoms. The van der Waals surface area contributed by atoms with Crippen LogP contribution in [0.25, 0.3) is 11.4 Å². The van der Waals surface area contributed by atoms with Crippen molar-refractivity contribution in [1.82, 2.24) is 29.6 Å². The molecule has 1 aromatic carbocycles. The smallest absolute Gasteiger partial charge is 0.347 e. The van der Waals surface area contributed by atoms with Crippen molar-refractivity contribution in [3.05, 3.63) is 52.9 Å². The number of carbonyl (C=O) groups is 1. The molecule has 2 atom stereocenters. The summed E-state index contributed by atoms with van der Waals surface area (Å²) in [4.78, 5) is 22.1. The van der Waals surface area contributed by atoms with Crippen LogP contribution in [0.4, 0.5) is 13.2 Å². The van der Waals surface area contributed by atoms with Crippen LogP contribution in [0.1, 0.15) is 60.1 Å². The van der Waals surface area contributed by atoms with E-state index < -0.39 is 12.1 Å². The zero-order valence-electron chi connectivity index (χ0n) is 19.9. The Morgan fingerprint density at radius 3 is 2.63 bits per heavy atom. The lowest BCUT2D eigenvalue weighted by atomic mass is 9.98. The molecule has 0 radical (unpaired) electrons. The Hall–Kier alpha value is -3.17. The molecule has 1 N–H and O–H groups in total. The average molecular weight is 487 g/mol. The van der Waals surface area contributed by atoms with Crippen molar-refractivity contribution in [3.8, 4) is 11.4 Å². The third-order valence-corrected chi connectivity index (χ3v) is 7.02. The third kappa shape index (κ3) is 4.70. The van der Waals surface area contributed by atoms with Gasteiger partial charge in [0.15, 0.2) is 5.82 Å². The molecule has 2 aromatic heterocycles. The predicted molar refractivity (Wildman–Crippen MR) is 124 cm³/mol. The topological polar surface area (TPSA) is 77.6 Å². The number of aryl methyl sites for hydroxylation is 3. The summed E-state index contributed by atoms with van der Waals surface area (Å²) in [6.07, 6.45) is -1.64. The number of rotatable bonds is 5. The van der Waals surface area contributed by atoms with Crippen LogP contribution in [0, 0.1) is 11.8 Å². The van der Waals surface area contributed by atoms with Crippen LogP contribution >= 0.6 is 0 Å². The molecule has 186 valence electrons. The Labute approximate surface area is 201 Å². The molecule has 35 heavy (non-hydrogen) atoms. The maximum atomic E-state index is 13.1. The molecule has 2 aliphatic rings. The molecule has 0 saturated heterocycles. The molecule has 5 rings (SSSR count). The van der Waals surface area contributed by atoms with Crippen LogP contribution in [0.2, 0.25) is 0 Å². The zero-order valence-corrected chi connectivity index (χ0v) is 19.9. The van der Waals surface area contributed by atoms with Gasteiger partial charge in [-0.3, -0.25) is 4.79 Å². The number of nitrogens with one attached hydrogen (secondary N) is 1. The van der Waals surface area contributed by atoms with Crippen LogP contribution in [-0.4, -0.2) is 36.4 Å². The van der Waals surface area contributed by atoms with Gasteiger partial charge in [-0.2, -0.15) is 18.3 Å². The Bertz CT molecular complexity index is 1230. The molecule has 0 bridgehead atoms. The summed E-state index contributed by atoms with van der Waals surface area (Å²) in [5.74, 6) is 0.812.